The van der Waals surface area contributed by atoms with Gasteiger partial charge in [0.05, 0.1) is 18.4 Å². The molecule has 0 bridgehead atoms. The van der Waals surface area contributed by atoms with Crippen LogP contribution < -0.4 is 0 Å². The minimum absolute atomic E-state index is 0.0497. The van der Waals surface area contributed by atoms with Gasteiger partial charge in [0.2, 0.25) is 0 Å². The van der Waals surface area contributed by atoms with Crippen molar-refractivity contribution >= 4 is 11.8 Å². The van der Waals surface area contributed by atoms with Crippen molar-refractivity contribution < 1.29 is 23.8 Å². The molecule has 0 aromatic carbocycles. The zero-order valence-corrected chi connectivity index (χ0v) is 14.9. The first kappa shape index (κ1) is 15.6. The molecule has 0 amide bonds. The Kier molecular flexibility index (Phi) is 2.62. The second-order valence-corrected chi connectivity index (χ2v) is 9.12. The van der Waals surface area contributed by atoms with Crippen molar-refractivity contribution in [2.24, 2.45) is 28.1 Å². The second kappa shape index (κ2) is 4.20. The Hall–Kier alpha value is -1.62. The number of carbonyl (C=O) groups is 2. The van der Waals surface area contributed by atoms with E-state index in [1.165, 1.54) is 12.5 Å². The van der Waals surface area contributed by atoms with Gasteiger partial charge in [-0.15, -0.1) is 0 Å². The third kappa shape index (κ3) is 1.31. The summed E-state index contributed by atoms with van der Waals surface area (Å²) < 4.78 is 11.0. The van der Waals surface area contributed by atoms with Crippen molar-refractivity contribution in [1.82, 2.24) is 0 Å². The molecule has 5 nitrogen and oxygen atoms in total. The normalized spacial score (nSPS) is 53.7. The first-order valence-electron chi connectivity index (χ1n) is 9.23. The molecule has 4 fully saturated rings. The van der Waals surface area contributed by atoms with E-state index in [2.05, 4.69) is 6.92 Å². The molecule has 0 spiro atoms. The van der Waals surface area contributed by atoms with Crippen molar-refractivity contribution in [2.45, 2.75) is 58.2 Å². The third-order valence-corrected chi connectivity index (χ3v) is 8.70. The van der Waals surface area contributed by atoms with E-state index < -0.39 is 16.4 Å². The van der Waals surface area contributed by atoms with Gasteiger partial charge in [0.25, 0.3) is 0 Å². The van der Waals surface area contributed by atoms with Crippen molar-refractivity contribution in [3.05, 3.63) is 24.2 Å². The molecule has 2 heterocycles. The number of fused-ring (bicyclic) bond motifs is 2. The molecular formula is C20H24O5. The van der Waals surface area contributed by atoms with Gasteiger partial charge in [-0.1, -0.05) is 27.2 Å². The van der Waals surface area contributed by atoms with Crippen LogP contribution in [0.4, 0.5) is 0 Å². The maximum absolute atomic E-state index is 13.4. The number of esters is 1. The minimum Gasteiger partial charge on any atom is -0.472 e. The number of aliphatic hydroxyl groups is 1. The lowest BCUT2D eigenvalue weighted by molar-refractivity contribution is -0.290. The molecule has 134 valence electrons. The summed E-state index contributed by atoms with van der Waals surface area (Å²) in [5.74, 6) is -0.319. The summed E-state index contributed by atoms with van der Waals surface area (Å²) in [6.07, 6.45) is 5.89. The summed E-state index contributed by atoms with van der Waals surface area (Å²) in [7, 11) is 0. The number of Topliss-reactive ketones (excluding diaryl/α,β-unsaturated/α-hetero) is 1. The summed E-state index contributed by atoms with van der Waals surface area (Å²) in [4.78, 5) is 25.9. The van der Waals surface area contributed by atoms with E-state index in [0.29, 0.717) is 12.0 Å². The first-order valence-corrected chi connectivity index (χ1v) is 9.23. The van der Waals surface area contributed by atoms with Crippen LogP contribution in [-0.4, -0.2) is 23.0 Å². The van der Waals surface area contributed by atoms with E-state index in [4.69, 9.17) is 9.15 Å². The van der Waals surface area contributed by atoms with Gasteiger partial charge in [-0.3, -0.25) is 9.59 Å². The Morgan fingerprint density at radius 1 is 1.20 bits per heavy atom. The highest BCUT2D eigenvalue weighted by Crippen LogP contribution is 2.78. The average Bonchev–Trinajstić information content (AvgIpc) is 3.19. The minimum atomic E-state index is -1.57. The summed E-state index contributed by atoms with van der Waals surface area (Å²) in [5.41, 5.74) is -2.70. The quantitative estimate of drug-likeness (QED) is 0.793. The number of hydrogen-bond acceptors (Lipinski definition) is 5. The van der Waals surface area contributed by atoms with Gasteiger partial charge >= 0.3 is 5.97 Å². The van der Waals surface area contributed by atoms with E-state index in [1.807, 2.05) is 13.8 Å². The van der Waals surface area contributed by atoms with Crippen LogP contribution in [0, 0.1) is 28.1 Å². The van der Waals surface area contributed by atoms with Crippen LogP contribution in [0.25, 0.3) is 0 Å². The molecule has 1 N–H and O–H groups in total. The van der Waals surface area contributed by atoms with Crippen LogP contribution in [0.5, 0.6) is 0 Å². The highest BCUT2D eigenvalue weighted by atomic mass is 16.6. The number of carbonyl (C=O) groups excluding carboxylic acids is 2. The van der Waals surface area contributed by atoms with Crippen molar-refractivity contribution in [3.63, 3.8) is 0 Å². The summed E-state index contributed by atoms with van der Waals surface area (Å²) in [6, 6.07) is 1.67. The molecule has 0 radical (unpaired) electrons. The van der Waals surface area contributed by atoms with Crippen LogP contribution in [0.3, 0.4) is 0 Å². The fraction of sp³-hybridized carbons (Fsp3) is 0.700. The average molecular weight is 344 g/mol. The standard InChI is InChI=1S/C20H24O5/c1-17-9-14-18(2)12(15(21)25-14)5-4-6-13(18)19(17,3)16(22)20(17,23)11-7-8-24-10-11/h7-8,10,12-14,23H,4-6,9H2,1-3H3. The van der Waals surface area contributed by atoms with E-state index >= 15 is 0 Å². The van der Waals surface area contributed by atoms with Crippen molar-refractivity contribution in [2.75, 3.05) is 0 Å². The highest BCUT2D eigenvalue weighted by Gasteiger charge is 2.85. The SMILES string of the molecule is CC12C3CC4(C)C(O)(c5ccoc5)C(=O)C4(C)C1CCCC2C(=O)O3. The molecule has 3 aliphatic carbocycles. The van der Waals surface area contributed by atoms with E-state index in [-0.39, 0.29) is 35.1 Å². The maximum Gasteiger partial charge on any atom is 0.309 e. The summed E-state index contributed by atoms with van der Waals surface area (Å²) in [6.45, 7) is 6.11. The predicted molar refractivity (Wildman–Crippen MR) is 87.3 cm³/mol. The van der Waals surface area contributed by atoms with Crippen molar-refractivity contribution in [3.8, 4) is 0 Å². The maximum atomic E-state index is 13.4. The Morgan fingerprint density at radius 2 is 1.96 bits per heavy atom. The van der Waals surface area contributed by atoms with Gasteiger partial charge in [0.1, 0.15) is 6.10 Å². The largest absolute Gasteiger partial charge is 0.472 e. The van der Waals surface area contributed by atoms with Crippen LogP contribution in [0.15, 0.2) is 23.0 Å². The molecule has 5 rings (SSSR count). The topological polar surface area (TPSA) is 76.7 Å². The molecule has 7 atom stereocenters. The number of ether oxygens (including phenoxy) is 1. The number of furan rings is 1. The molecule has 4 aliphatic rings. The van der Waals surface area contributed by atoms with Gasteiger partial charge in [0, 0.05) is 21.8 Å². The molecule has 3 saturated carbocycles. The van der Waals surface area contributed by atoms with E-state index in [9.17, 15) is 14.7 Å². The van der Waals surface area contributed by atoms with E-state index in [0.717, 1.165) is 19.3 Å². The van der Waals surface area contributed by atoms with Gasteiger partial charge in [-0.25, -0.2) is 0 Å². The molecule has 1 aliphatic heterocycles. The molecule has 7 unspecified atom stereocenters. The summed E-state index contributed by atoms with van der Waals surface area (Å²) >= 11 is 0. The zero-order valence-electron chi connectivity index (χ0n) is 14.9. The Morgan fingerprint density at radius 3 is 2.64 bits per heavy atom. The lowest BCUT2D eigenvalue weighted by Crippen LogP contribution is -2.81. The molecule has 25 heavy (non-hydrogen) atoms. The van der Waals surface area contributed by atoms with Gasteiger partial charge in [0.15, 0.2) is 11.4 Å². The fourth-order valence-electron chi connectivity index (χ4n) is 7.12. The smallest absolute Gasteiger partial charge is 0.309 e. The first-order chi connectivity index (χ1) is 11.7. The zero-order chi connectivity index (χ0) is 17.8. The molecule has 1 aromatic rings. The lowest BCUT2D eigenvalue weighted by Gasteiger charge is -2.73. The lowest BCUT2D eigenvalue weighted by atomic mass is 9.28. The van der Waals surface area contributed by atoms with E-state index in [1.54, 1.807) is 6.07 Å². The number of ketones is 1. The van der Waals surface area contributed by atoms with Crippen LogP contribution in [0.1, 0.15) is 52.0 Å². The number of hydrogen-bond donors (Lipinski definition) is 1. The van der Waals surface area contributed by atoms with Crippen LogP contribution >= 0.6 is 0 Å². The second-order valence-electron chi connectivity index (χ2n) is 9.12. The van der Waals surface area contributed by atoms with Gasteiger partial charge in [-0.05, 0) is 31.2 Å². The third-order valence-electron chi connectivity index (χ3n) is 8.70. The van der Waals surface area contributed by atoms with Crippen LogP contribution in [-0.2, 0) is 19.9 Å². The highest BCUT2D eigenvalue weighted by molar-refractivity contribution is 6.02. The van der Waals surface area contributed by atoms with Crippen molar-refractivity contribution in [1.29, 1.82) is 0 Å². The Bertz CT molecular complexity index is 784. The number of rotatable bonds is 1. The molecule has 5 heteroatoms. The van der Waals surface area contributed by atoms with Crippen LogP contribution in [0.2, 0.25) is 0 Å². The predicted octanol–water partition coefficient (Wildman–Crippen LogP) is 2.81. The Balaban J connectivity index is 1.69. The molecule has 1 saturated heterocycles. The molecular weight excluding hydrogens is 320 g/mol. The molecule has 1 aromatic heterocycles. The van der Waals surface area contributed by atoms with Gasteiger partial charge < -0.3 is 14.3 Å². The monoisotopic (exact) mass is 344 g/mol. The fourth-order valence-corrected chi connectivity index (χ4v) is 7.12. The Labute approximate surface area is 146 Å². The summed E-state index contributed by atoms with van der Waals surface area (Å²) in [5, 5.41) is 11.5. The van der Waals surface area contributed by atoms with Gasteiger partial charge in [-0.2, -0.15) is 0 Å².